The van der Waals surface area contributed by atoms with Gasteiger partial charge >= 0.3 is 6.18 Å². The minimum absolute atomic E-state index is 0.159. The van der Waals surface area contributed by atoms with Crippen LogP contribution in [0.2, 0.25) is 0 Å². The van der Waals surface area contributed by atoms with Crippen LogP contribution in [0.1, 0.15) is 54.9 Å². The molecule has 0 aliphatic heterocycles. The van der Waals surface area contributed by atoms with Gasteiger partial charge in [0.2, 0.25) is 0 Å². The molecule has 1 atom stereocenters. The van der Waals surface area contributed by atoms with E-state index in [0.29, 0.717) is 11.3 Å². The molecule has 2 amide bonds. The van der Waals surface area contributed by atoms with Crippen LogP contribution in [0.15, 0.2) is 48.5 Å². The number of nitrogens with one attached hydrogen (secondary N) is 2. The van der Waals surface area contributed by atoms with Gasteiger partial charge in [0.05, 0.1) is 11.3 Å². The second-order valence-electron chi connectivity index (χ2n) is 7.63. The third-order valence-electron chi connectivity index (χ3n) is 5.23. The van der Waals surface area contributed by atoms with Crippen LogP contribution in [-0.4, -0.2) is 24.0 Å². The number of benzene rings is 2. The molecule has 0 heterocycles. The number of ether oxygens (including phenoxy) is 1. The molecular weight excluding hydrogens is 409 g/mol. The summed E-state index contributed by atoms with van der Waals surface area (Å²) in [5.74, 6) is -0.537. The fourth-order valence-corrected chi connectivity index (χ4v) is 3.53. The van der Waals surface area contributed by atoms with Crippen LogP contribution in [0.4, 0.5) is 18.9 Å². The molecule has 0 aromatic heterocycles. The van der Waals surface area contributed by atoms with Gasteiger partial charge in [-0.3, -0.25) is 9.59 Å². The lowest BCUT2D eigenvalue weighted by molar-refractivity contribution is -0.137. The highest BCUT2D eigenvalue weighted by atomic mass is 19.4. The first-order valence-corrected chi connectivity index (χ1v) is 10.3. The first-order valence-electron chi connectivity index (χ1n) is 10.3. The van der Waals surface area contributed by atoms with Crippen molar-refractivity contribution in [3.05, 3.63) is 59.7 Å². The molecule has 1 saturated carbocycles. The molecule has 31 heavy (non-hydrogen) atoms. The van der Waals surface area contributed by atoms with E-state index in [0.717, 1.165) is 31.7 Å². The van der Waals surface area contributed by atoms with Gasteiger partial charge in [-0.05, 0) is 56.2 Å². The number of hydrogen-bond donors (Lipinski definition) is 2. The molecule has 0 saturated heterocycles. The summed E-state index contributed by atoms with van der Waals surface area (Å²) in [5, 5.41) is 5.29. The monoisotopic (exact) mass is 434 g/mol. The number of hydrogen-bond acceptors (Lipinski definition) is 3. The highest BCUT2D eigenvalue weighted by Gasteiger charge is 2.34. The molecule has 8 heteroatoms. The summed E-state index contributed by atoms with van der Waals surface area (Å²) in [7, 11) is 0. The number of carbonyl (C=O) groups is 2. The summed E-state index contributed by atoms with van der Waals surface area (Å²) >= 11 is 0. The van der Waals surface area contributed by atoms with Gasteiger partial charge in [0.15, 0.2) is 6.10 Å². The molecule has 0 bridgehead atoms. The molecule has 166 valence electrons. The molecule has 3 rings (SSSR count). The number of carbonyl (C=O) groups excluding carboxylic acids is 2. The predicted molar refractivity (Wildman–Crippen MR) is 111 cm³/mol. The first-order chi connectivity index (χ1) is 14.7. The van der Waals surface area contributed by atoms with Gasteiger partial charge in [-0.1, -0.05) is 31.4 Å². The maximum Gasteiger partial charge on any atom is 0.418 e. The van der Waals surface area contributed by atoms with E-state index >= 15 is 0 Å². The van der Waals surface area contributed by atoms with Crippen molar-refractivity contribution in [2.45, 2.75) is 57.3 Å². The van der Waals surface area contributed by atoms with Crippen molar-refractivity contribution in [3.63, 3.8) is 0 Å². The molecule has 0 radical (unpaired) electrons. The Kier molecular flexibility index (Phi) is 7.20. The van der Waals surface area contributed by atoms with Gasteiger partial charge in [0, 0.05) is 11.6 Å². The van der Waals surface area contributed by atoms with E-state index in [4.69, 9.17) is 4.74 Å². The zero-order chi connectivity index (χ0) is 22.4. The van der Waals surface area contributed by atoms with Gasteiger partial charge in [0.25, 0.3) is 11.8 Å². The van der Waals surface area contributed by atoms with E-state index in [1.54, 1.807) is 24.3 Å². The summed E-state index contributed by atoms with van der Waals surface area (Å²) in [4.78, 5) is 24.7. The highest BCUT2D eigenvalue weighted by molar-refractivity contribution is 5.95. The number of anilines is 1. The first kappa shape index (κ1) is 22.7. The summed E-state index contributed by atoms with van der Waals surface area (Å²) in [5.41, 5.74) is -0.775. The number of halogens is 3. The Balaban J connectivity index is 1.57. The van der Waals surface area contributed by atoms with Crippen LogP contribution in [-0.2, 0) is 11.0 Å². The van der Waals surface area contributed by atoms with Crippen LogP contribution in [0.3, 0.4) is 0 Å². The van der Waals surface area contributed by atoms with Crippen LogP contribution in [0.25, 0.3) is 0 Å². The lowest BCUT2D eigenvalue weighted by Gasteiger charge is -2.22. The number of amides is 2. The van der Waals surface area contributed by atoms with Crippen molar-refractivity contribution >= 4 is 17.5 Å². The average molecular weight is 434 g/mol. The van der Waals surface area contributed by atoms with Crippen molar-refractivity contribution in [2.75, 3.05) is 5.32 Å². The Morgan fingerprint density at radius 2 is 1.65 bits per heavy atom. The topological polar surface area (TPSA) is 67.4 Å². The van der Waals surface area contributed by atoms with Crippen LogP contribution >= 0.6 is 0 Å². The SMILES string of the molecule is C[C@H](Oc1ccc(C(=O)NC2CCCCC2)cc1)C(=O)Nc1ccccc1C(F)(F)F. The van der Waals surface area contributed by atoms with Crippen LogP contribution < -0.4 is 15.4 Å². The lowest BCUT2D eigenvalue weighted by Crippen LogP contribution is -2.36. The molecular formula is C23H25F3N2O3. The minimum atomic E-state index is -4.58. The molecule has 5 nitrogen and oxygen atoms in total. The molecule has 2 aromatic rings. The minimum Gasteiger partial charge on any atom is -0.481 e. The summed E-state index contributed by atoms with van der Waals surface area (Å²) in [6.45, 7) is 1.44. The molecule has 1 fully saturated rings. The molecule has 1 aliphatic rings. The molecule has 2 aromatic carbocycles. The van der Waals surface area contributed by atoms with Crippen molar-refractivity contribution < 1.29 is 27.5 Å². The third-order valence-corrected chi connectivity index (χ3v) is 5.23. The second kappa shape index (κ2) is 9.85. The lowest BCUT2D eigenvalue weighted by atomic mass is 9.95. The second-order valence-corrected chi connectivity index (χ2v) is 7.63. The molecule has 0 spiro atoms. The summed E-state index contributed by atoms with van der Waals surface area (Å²) in [6.07, 6.45) is -0.221. The Bertz CT molecular complexity index is 907. The number of para-hydroxylation sites is 1. The number of rotatable bonds is 6. The standard InChI is InChI=1S/C23H25F3N2O3/c1-15(21(29)28-20-10-6-5-9-19(20)23(24,25)26)31-18-13-11-16(12-14-18)22(30)27-17-7-3-2-4-8-17/h5-6,9-15,17H,2-4,7-8H2,1H3,(H,27,30)(H,28,29)/t15-/m0/s1. The normalized spacial score (nSPS) is 15.7. The van der Waals surface area contributed by atoms with Gasteiger partial charge in [-0.2, -0.15) is 13.2 Å². The van der Waals surface area contributed by atoms with E-state index < -0.39 is 23.8 Å². The van der Waals surface area contributed by atoms with Crippen molar-refractivity contribution in [3.8, 4) is 5.75 Å². The van der Waals surface area contributed by atoms with Gasteiger partial charge in [-0.25, -0.2) is 0 Å². The maximum absolute atomic E-state index is 13.1. The van der Waals surface area contributed by atoms with Crippen LogP contribution in [0, 0.1) is 0 Å². The van der Waals surface area contributed by atoms with E-state index in [1.807, 2.05) is 0 Å². The Labute approximate surface area is 179 Å². The Morgan fingerprint density at radius 1 is 1.00 bits per heavy atom. The smallest absolute Gasteiger partial charge is 0.418 e. The third kappa shape index (κ3) is 6.23. The number of alkyl halides is 3. The van der Waals surface area contributed by atoms with E-state index in [9.17, 15) is 22.8 Å². The average Bonchev–Trinajstić information content (AvgIpc) is 2.74. The zero-order valence-electron chi connectivity index (χ0n) is 17.2. The van der Waals surface area contributed by atoms with Crippen molar-refractivity contribution in [1.29, 1.82) is 0 Å². The highest BCUT2D eigenvalue weighted by Crippen LogP contribution is 2.34. The van der Waals surface area contributed by atoms with Crippen molar-refractivity contribution in [2.24, 2.45) is 0 Å². The fourth-order valence-electron chi connectivity index (χ4n) is 3.53. The summed E-state index contributed by atoms with van der Waals surface area (Å²) < 4.78 is 44.8. The van der Waals surface area contributed by atoms with E-state index in [-0.39, 0.29) is 17.6 Å². The zero-order valence-corrected chi connectivity index (χ0v) is 17.2. The van der Waals surface area contributed by atoms with Crippen molar-refractivity contribution in [1.82, 2.24) is 5.32 Å². The van der Waals surface area contributed by atoms with E-state index in [1.165, 1.54) is 31.5 Å². The Morgan fingerprint density at radius 3 is 2.29 bits per heavy atom. The largest absolute Gasteiger partial charge is 0.481 e. The summed E-state index contributed by atoms with van der Waals surface area (Å²) in [6, 6.07) is 11.3. The van der Waals surface area contributed by atoms with Gasteiger partial charge in [-0.15, -0.1) is 0 Å². The quantitative estimate of drug-likeness (QED) is 0.659. The fraction of sp³-hybridized carbons (Fsp3) is 0.391. The van der Waals surface area contributed by atoms with Gasteiger partial charge in [0.1, 0.15) is 5.75 Å². The van der Waals surface area contributed by atoms with E-state index in [2.05, 4.69) is 10.6 Å². The molecule has 1 aliphatic carbocycles. The molecule has 0 unspecified atom stereocenters. The van der Waals surface area contributed by atoms with Gasteiger partial charge < -0.3 is 15.4 Å². The van der Waals surface area contributed by atoms with Crippen LogP contribution in [0.5, 0.6) is 5.75 Å². The molecule has 2 N–H and O–H groups in total. The predicted octanol–water partition coefficient (Wildman–Crippen LogP) is 5.17. The Hall–Kier alpha value is -3.03. The maximum atomic E-state index is 13.1.